The minimum absolute atomic E-state index is 0.0282. The predicted octanol–water partition coefficient (Wildman–Crippen LogP) is 22.8. The minimum atomic E-state index is -1.72. The summed E-state index contributed by atoms with van der Waals surface area (Å²) >= 11 is 78.6. The first kappa shape index (κ1) is 61.8. The maximum absolute atomic E-state index is 9.87. The van der Waals surface area contributed by atoms with Crippen LogP contribution < -0.4 is 14.2 Å². The zero-order valence-corrected chi connectivity index (χ0v) is 50.3. The average molecular weight is 1400 g/mol. The van der Waals surface area contributed by atoms with E-state index in [1.807, 2.05) is 62.4 Å². The summed E-state index contributed by atoms with van der Waals surface area (Å²) in [6.45, 7) is 7.64. The number of para-hydroxylation sites is 2. The van der Waals surface area contributed by atoms with Gasteiger partial charge in [0, 0.05) is 35.4 Å². The number of ether oxygens (including phenoxy) is 3. The Kier molecular flexibility index (Phi) is 28.4. The summed E-state index contributed by atoms with van der Waals surface area (Å²) in [5.74, 6) is 1.59. The molecule has 0 saturated carbocycles. The first-order valence-electron chi connectivity index (χ1n) is 17.2. The van der Waals surface area contributed by atoms with E-state index in [1.54, 1.807) is 26.0 Å². The molecule has 5 nitrogen and oxygen atoms in total. The normalized spacial score (nSPS) is 10.1. The fraction of sp³-hybridized carbons (Fsp3) is 0.100. The molecule has 0 unspecified atom stereocenters. The van der Waals surface area contributed by atoms with E-state index in [-0.39, 0.29) is 54.9 Å². The monoisotopic (exact) mass is 1390 g/mol. The van der Waals surface area contributed by atoms with Gasteiger partial charge in [-0.15, -0.1) is 47.3 Å². The van der Waals surface area contributed by atoms with E-state index in [4.69, 9.17) is 184 Å². The van der Waals surface area contributed by atoms with E-state index in [2.05, 4.69) is 47.3 Å². The Labute approximate surface area is 478 Å². The second-order valence-corrected chi connectivity index (χ2v) is 29.7. The lowest BCUT2D eigenvalue weighted by Gasteiger charge is -2.15. The zero-order chi connectivity index (χ0) is 49.6. The molecule has 0 spiro atoms. The molecule has 6 rings (SSSR count). The Balaban J connectivity index is 0.000000312. The molecule has 0 aliphatic rings. The van der Waals surface area contributed by atoms with Crippen LogP contribution in [0.15, 0.2) is 72.8 Å². The molecule has 0 heterocycles. The van der Waals surface area contributed by atoms with Gasteiger partial charge in [0.2, 0.25) is 0 Å². The van der Waals surface area contributed by atoms with Gasteiger partial charge in [0.1, 0.15) is 33.0 Å². The van der Waals surface area contributed by atoms with E-state index in [9.17, 15) is 10.2 Å². The fourth-order valence-corrected chi connectivity index (χ4v) is 6.95. The van der Waals surface area contributed by atoms with Crippen molar-refractivity contribution >= 4 is 231 Å². The molecule has 348 valence electrons. The van der Waals surface area contributed by atoms with E-state index in [0.717, 1.165) is 22.6 Å². The lowest BCUT2D eigenvalue weighted by molar-refractivity contribution is 0.385. The van der Waals surface area contributed by atoms with Crippen LogP contribution in [0, 0.1) is 27.7 Å². The van der Waals surface area contributed by atoms with Crippen molar-refractivity contribution in [2.45, 2.75) is 27.7 Å². The molecule has 0 saturated heterocycles. The van der Waals surface area contributed by atoms with Crippen molar-refractivity contribution < 1.29 is 24.4 Å². The Bertz CT molecular complexity index is 2300. The van der Waals surface area contributed by atoms with E-state index < -0.39 is 22.9 Å². The van der Waals surface area contributed by atoms with Crippen LogP contribution in [0.5, 0.6) is 46.0 Å². The van der Waals surface area contributed by atoms with Gasteiger partial charge >= 0.3 is 14.6 Å². The minimum Gasteiger partial charge on any atom is -0.503 e. The number of aryl methyl sites for hydroxylation is 2. The highest BCUT2D eigenvalue weighted by Gasteiger charge is 2.21. The van der Waals surface area contributed by atoms with Crippen molar-refractivity contribution in [1.29, 1.82) is 0 Å². The summed E-state index contributed by atoms with van der Waals surface area (Å²) in [5, 5.41) is 21.3. The standard InChI is InChI=1S/C14H8Cl6O.C14H14O.C12H4Cl6O3.Al.BBr3.3ClH/c1-5-9(3-7(15)13(19)11(5)17)21-10-4-8(16)14(20)12(18)6(10)2;1-11-7-3-5-9-13(11)15-14-10-6-4-8-12(14)2;13-3-1-5(11(19)9(17)7(3)15)21-6-2-4(14)8(16)10(18)12(6)20;;2-1(3)4;;;/h3-4H,1-2H3;3-10H,1-2H3;1-2,19-20H;;;3*1H/q;;;+3;;;;/p-3. The van der Waals surface area contributed by atoms with Crippen molar-refractivity contribution in [3.63, 3.8) is 0 Å². The number of phenolic OH excluding ortho intramolecular Hbond substituents is 2. The third-order valence-electron chi connectivity index (χ3n) is 7.77. The molecule has 0 aliphatic heterocycles. The van der Waals surface area contributed by atoms with Gasteiger partial charge in [-0.2, -0.15) is 0 Å². The van der Waals surface area contributed by atoms with Crippen molar-refractivity contribution in [3.05, 3.63) is 155 Å². The summed E-state index contributed by atoms with van der Waals surface area (Å²) < 4.78 is 17.2. The number of rotatable bonds is 6. The Morgan fingerprint density at radius 3 is 0.923 bits per heavy atom. The summed E-state index contributed by atoms with van der Waals surface area (Å²) in [7, 11) is 14.8. The van der Waals surface area contributed by atoms with E-state index >= 15 is 0 Å². The average Bonchev–Trinajstić information content (AvgIpc) is 3.24. The molecule has 0 aromatic heterocycles. The molecule has 65 heavy (non-hydrogen) atoms. The fourth-order valence-electron chi connectivity index (χ4n) is 4.52. The maximum Gasteiger partial charge on any atom is 0.643 e. The van der Waals surface area contributed by atoms with Gasteiger partial charge in [0.25, 0.3) is 0 Å². The molecule has 0 atom stereocenters. The first-order valence-corrected chi connectivity index (χ1v) is 29.7. The number of phenols is 2. The first-order chi connectivity index (χ1) is 30.2. The molecule has 6 aromatic rings. The van der Waals surface area contributed by atoms with Gasteiger partial charge in [-0.25, -0.2) is 30.1 Å². The summed E-state index contributed by atoms with van der Waals surface area (Å²) in [6, 6.07) is 21.7. The Morgan fingerprint density at radius 1 is 0.400 bits per heavy atom. The lowest BCUT2D eigenvalue weighted by atomic mass is 10.2. The highest BCUT2D eigenvalue weighted by atomic mass is 79.9. The highest BCUT2D eigenvalue weighted by Crippen LogP contribution is 2.50. The smallest absolute Gasteiger partial charge is 0.503 e. The van der Waals surface area contributed by atoms with Crippen LogP contribution in [0.3, 0.4) is 0 Å². The number of hydrogen-bond acceptors (Lipinski definition) is 5. The molecule has 2 N–H and O–H groups in total. The molecular formula is C40H26AlBBr3Cl15O5. The van der Waals surface area contributed by atoms with Gasteiger partial charge in [-0.1, -0.05) is 176 Å². The van der Waals surface area contributed by atoms with Crippen molar-refractivity contribution in [2.75, 3.05) is 0 Å². The third-order valence-corrected chi connectivity index (χ3v) is 13.0. The maximum atomic E-state index is 9.87. The second-order valence-electron chi connectivity index (χ2n) is 12.2. The van der Waals surface area contributed by atoms with Gasteiger partial charge in [0.15, 0.2) is 23.0 Å². The predicted molar refractivity (Wildman–Crippen MR) is 297 cm³/mol. The highest BCUT2D eigenvalue weighted by molar-refractivity contribution is 9.69. The van der Waals surface area contributed by atoms with E-state index in [1.165, 1.54) is 12.1 Å². The summed E-state index contributed by atoms with van der Waals surface area (Å²) in [4.78, 5) is 0. The molecule has 0 fully saturated rings. The van der Waals surface area contributed by atoms with Crippen molar-refractivity contribution in [1.82, 2.24) is 0 Å². The Hall–Kier alpha value is 0.707. The zero-order valence-electron chi connectivity index (χ0n) is 33.0. The van der Waals surface area contributed by atoms with Crippen LogP contribution in [-0.4, -0.2) is 24.8 Å². The third kappa shape index (κ3) is 19.3. The van der Waals surface area contributed by atoms with Crippen LogP contribution in [0.25, 0.3) is 0 Å². The van der Waals surface area contributed by atoms with Crippen LogP contribution in [0.2, 0.25) is 60.3 Å². The lowest BCUT2D eigenvalue weighted by Crippen LogP contribution is -1.93. The van der Waals surface area contributed by atoms with Gasteiger partial charge in [-0.05, 0) is 51.0 Å². The molecular weight excluding hydrogens is 1370 g/mol. The van der Waals surface area contributed by atoms with Crippen LogP contribution >= 0.6 is 217 Å². The molecule has 6 aromatic carbocycles. The second kappa shape index (κ2) is 29.9. The number of benzene rings is 6. The summed E-state index contributed by atoms with van der Waals surface area (Å²) in [6.07, 6.45) is 0. The molecule has 0 aliphatic carbocycles. The molecule has 0 bridgehead atoms. The topological polar surface area (TPSA) is 68.2 Å². The van der Waals surface area contributed by atoms with Crippen molar-refractivity contribution in [2.24, 2.45) is 0 Å². The largest absolute Gasteiger partial charge is 0.643 e. The van der Waals surface area contributed by atoms with Crippen LogP contribution in [-0.2, 0) is 0 Å². The number of hydrogen-bond donors (Lipinski definition) is 2. The van der Waals surface area contributed by atoms with E-state index in [0.29, 0.717) is 42.7 Å². The SMILES string of the molecule is BrB(Br)Br.Cc1c(Oc2cc(Cl)c(Cl)c(Cl)c2C)cc(Cl)c(Cl)c1Cl.Cc1ccccc1Oc1ccccc1C.Oc1c(Oc2cc(Cl)c(Cl)c(Cl)c2O)cc(Cl)c(Cl)c1Cl.[Cl][Al]([Cl])[Cl]. The quantitative estimate of drug-likeness (QED) is 0.128. The molecule has 0 amide bonds. The van der Waals surface area contributed by atoms with Gasteiger partial charge in [-0.3, -0.25) is 0 Å². The van der Waals surface area contributed by atoms with Gasteiger partial charge < -0.3 is 24.4 Å². The number of halogens is 18. The van der Waals surface area contributed by atoms with Crippen LogP contribution in [0.4, 0.5) is 0 Å². The van der Waals surface area contributed by atoms with Crippen molar-refractivity contribution in [3.8, 4) is 46.0 Å². The Morgan fingerprint density at radius 2 is 0.631 bits per heavy atom. The van der Waals surface area contributed by atoms with Crippen LogP contribution in [0.1, 0.15) is 22.3 Å². The molecule has 0 radical (unpaired) electrons. The summed E-state index contributed by atoms with van der Waals surface area (Å²) in [5.41, 5.74) is 3.63. The molecule has 25 heteroatoms. The number of aromatic hydroxyl groups is 2. The van der Waals surface area contributed by atoms with Gasteiger partial charge in [0.05, 0.1) is 50.2 Å².